The quantitative estimate of drug-likeness (QED) is 0.798. The van der Waals surface area contributed by atoms with Crippen LogP contribution in [0, 0.1) is 0 Å². The first-order valence-electron chi connectivity index (χ1n) is 4.83. The van der Waals surface area contributed by atoms with Gasteiger partial charge in [0.2, 0.25) is 0 Å². The molecule has 2 N–H and O–H groups in total. The van der Waals surface area contributed by atoms with Gasteiger partial charge in [-0.15, -0.1) is 11.3 Å². The molecule has 0 bridgehead atoms. The van der Waals surface area contributed by atoms with Crippen LogP contribution in [0.3, 0.4) is 0 Å². The summed E-state index contributed by atoms with van der Waals surface area (Å²) in [6.07, 6.45) is 4.21. The number of hydrogen-bond donors (Lipinski definition) is 2. The zero-order valence-electron chi connectivity index (χ0n) is 8.47. The third-order valence-electron chi connectivity index (χ3n) is 2.10. The fourth-order valence-corrected chi connectivity index (χ4v) is 1.96. The minimum Gasteiger partial charge on any atom is -0.308 e. The van der Waals surface area contributed by atoms with Crippen LogP contribution in [0.4, 0.5) is 0 Å². The highest BCUT2D eigenvalue weighted by Gasteiger charge is 2.06. The van der Waals surface area contributed by atoms with E-state index in [0.29, 0.717) is 6.04 Å². The van der Waals surface area contributed by atoms with Crippen molar-refractivity contribution in [2.75, 3.05) is 6.54 Å². The van der Waals surface area contributed by atoms with Gasteiger partial charge < -0.3 is 5.32 Å². The molecule has 0 aliphatic carbocycles. The summed E-state index contributed by atoms with van der Waals surface area (Å²) in [7, 11) is 0. The lowest BCUT2D eigenvalue weighted by Crippen LogP contribution is -2.21. The van der Waals surface area contributed by atoms with E-state index in [1.165, 1.54) is 6.33 Å². The molecular formula is C9H13N5S. The van der Waals surface area contributed by atoms with Crippen molar-refractivity contribution in [3.8, 4) is 0 Å². The number of rotatable bonds is 5. The number of thiazole rings is 1. The van der Waals surface area contributed by atoms with Crippen LogP contribution in [0.15, 0.2) is 17.9 Å². The highest BCUT2D eigenvalue weighted by molar-refractivity contribution is 7.09. The molecule has 2 aromatic rings. The fourth-order valence-electron chi connectivity index (χ4n) is 1.29. The van der Waals surface area contributed by atoms with Crippen molar-refractivity contribution in [1.29, 1.82) is 0 Å². The highest BCUT2D eigenvalue weighted by Crippen LogP contribution is 2.14. The number of aromatic nitrogens is 4. The molecule has 0 fully saturated rings. The first-order valence-corrected chi connectivity index (χ1v) is 5.71. The van der Waals surface area contributed by atoms with Crippen molar-refractivity contribution in [2.45, 2.75) is 19.4 Å². The van der Waals surface area contributed by atoms with E-state index < -0.39 is 0 Å². The average Bonchev–Trinajstić information content (AvgIpc) is 2.90. The first-order chi connectivity index (χ1) is 7.36. The van der Waals surface area contributed by atoms with Gasteiger partial charge in [-0.1, -0.05) is 0 Å². The van der Waals surface area contributed by atoms with Gasteiger partial charge in [-0.2, -0.15) is 5.10 Å². The lowest BCUT2D eigenvalue weighted by Gasteiger charge is -2.09. The molecule has 2 aromatic heterocycles. The van der Waals surface area contributed by atoms with E-state index in [9.17, 15) is 0 Å². The van der Waals surface area contributed by atoms with Crippen LogP contribution >= 0.6 is 11.3 Å². The van der Waals surface area contributed by atoms with Gasteiger partial charge in [-0.3, -0.25) is 5.10 Å². The largest absolute Gasteiger partial charge is 0.308 e. The average molecular weight is 223 g/mol. The molecule has 0 aliphatic heterocycles. The molecule has 2 heterocycles. The number of hydrogen-bond acceptors (Lipinski definition) is 5. The molecule has 0 amide bonds. The van der Waals surface area contributed by atoms with Gasteiger partial charge >= 0.3 is 0 Å². The van der Waals surface area contributed by atoms with Gasteiger partial charge in [0.1, 0.15) is 17.2 Å². The molecule has 15 heavy (non-hydrogen) atoms. The van der Waals surface area contributed by atoms with Crippen molar-refractivity contribution in [2.24, 2.45) is 0 Å². The Morgan fingerprint density at radius 3 is 3.13 bits per heavy atom. The van der Waals surface area contributed by atoms with E-state index in [1.807, 2.05) is 11.6 Å². The zero-order chi connectivity index (χ0) is 10.5. The summed E-state index contributed by atoms with van der Waals surface area (Å²) in [5, 5.41) is 13.1. The van der Waals surface area contributed by atoms with E-state index in [-0.39, 0.29) is 0 Å². The second-order valence-electron chi connectivity index (χ2n) is 3.23. The molecule has 2 rings (SSSR count). The summed E-state index contributed by atoms with van der Waals surface area (Å²) in [5.74, 6) is 0.911. The van der Waals surface area contributed by atoms with Crippen molar-refractivity contribution in [1.82, 2.24) is 25.5 Å². The molecule has 0 aromatic carbocycles. The molecule has 80 valence electrons. The standard InChI is InChI=1S/C9H13N5S/c1-7(9-11-4-5-15-9)10-3-2-8-12-6-13-14-8/h4-7,10H,2-3H2,1H3,(H,12,13,14). The van der Waals surface area contributed by atoms with Gasteiger partial charge in [0.05, 0.1) is 6.04 Å². The monoisotopic (exact) mass is 223 g/mol. The lowest BCUT2D eigenvalue weighted by molar-refractivity contribution is 0.568. The van der Waals surface area contributed by atoms with E-state index >= 15 is 0 Å². The SMILES string of the molecule is CC(NCCc1ncn[nH]1)c1nccs1. The zero-order valence-corrected chi connectivity index (χ0v) is 9.29. The van der Waals surface area contributed by atoms with E-state index in [0.717, 1.165) is 23.8 Å². The molecule has 0 spiro atoms. The molecule has 0 saturated carbocycles. The van der Waals surface area contributed by atoms with Crippen molar-refractivity contribution < 1.29 is 0 Å². The van der Waals surface area contributed by atoms with E-state index in [4.69, 9.17) is 0 Å². The Labute approximate surface area is 92.0 Å². The minimum atomic E-state index is 0.299. The summed E-state index contributed by atoms with van der Waals surface area (Å²) in [4.78, 5) is 8.31. The van der Waals surface area contributed by atoms with Gasteiger partial charge in [0.15, 0.2) is 0 Å². The van der Waals surface area contributed by atoms with E-state index in [1.54, 1.807) is 11.3 Å². The Kier molecular flexibility index (Phi) is 3.41. The summed E-state index contributed by atoms with van der Waals surface area (Å²) < 4.78 is 0. The molecule has 6 heteroatoms. The molecule has 5 nitrogen and oxygen atoms in total. The number of aromatic amines is 1. The summed E-state index contributed by atoms with van der Waals surface area (Å²) in [6.45, 7) is 2.98. The third kappa shape index (κ3) is 2.84. The van der Waals surface area contributed by atoms with Gasteiger partial charge in [-0.25, -0.2) is 9.97 Å². The molecule has 1 atom stereocenters. The topological polar surface area (TPSA) is 66.5 Å². The number of nitrogens with zero attached hydrogens (tertiary/aromatic N) is 3. The van der Waals surface area contributed by atoms with Crippen LogP contribution in [0.5, 0.6) is 0 Å². The Morgan fingerprint density at radius 2 is 2.47 bits per heavy atom. The predicted molar refractivity (Wildman–Crippen MR) is 58.6 cm³/mol. The molecule has 0 aliphatic rings. The normalized spacial score (nSPS) is 12.9. The van der Waals surface area contributed by atoms with Crippen LogP contribution in [0.25, 0.3) is 0 Å². The minimum absolute atomic E-state index is 0.299. The van der Waals surface area contributed by atoms with Crippen molar-refractivity contribution in [3.63, 3.8) is 0 Å². The van der Waals surface area contributed by atoms with E-state index in [2.05, 4.69) is 32.4 Å². The maximum absolute atomic E-state index is 4.25. The Balaban J connectivity index is 1.74. The molecule has 1 unspecified atom stereocenters. The van der Waals surface area contributed by atoms with Crippen LogP contribution in [0.1, 0.15) is 23.8 Å². The summed E-state index contributed by atoms with van der Waals surface area (Å²) in [6, 6.07) is 0.299. The van der Waals surface area contributed by atoms with Crippen LogP contribution in [-0.2, 0) is 6.42 Å². The Bertz CT molecular complexity index is 369. The Hall–Kier alpha value is -1.27. The maximum Gasteiger partial charge on any atom is 0.137 e. The Morgan fingerprint density at radius 1 is 1.53 bits per heavy atom. The van der Waals surface area contributed by atoms with Crippen LogP contribution in [-0.4, -0.2) is 26.7 Å². The highest BCUT2D eigenvalue weighted by atomic mass is 32.1. The maximum atomic E-state index is 4.25. The first kappa shape index (κ1) is 10.3. The second kappa shape index (κ2) is 4.99. The lowest BCUT2D eigenvalue weighted by atomic mass is 10.3. The van der Waals surface area contributed by atoms with Crippen molar-refractivity contribution in [3.05, 3.63) is 28.7 Å². The molecule has 0 saturated heterocycles. The van der Waals surface area contributed by atoms with Crippen molar-refractivity contribution >= 4 is 11.3 Å². The van der Waals surface area contributed by atoms with Gasteiger partial charge in [-0.05, 0) is 6.92 Å². The van der Waals surface area contributed by atoms with Crippen LogP contribution in [0.2, 0.25) is 0 Å². The summed E-state index contributed by atoms with van der Waals surface area (Å²) >= 11 is 1.67. The second-order valence-corrected chi connectivity index (χ2v) is 4.15. The molecule has 0 radical (unpaired) electrons. The number of nitrogens with one attached hydrogen (secondary N) is 2. The fraction of sp³-hybridized carbons (Fsp3) is 0.444. The number of H-pyrrole nitrogens is 1. The van der Waals surface area contributed by atoms with Crippen LogP contribution < -0.4 is 5.32 Å². The summed E-state index contributed by atoms with van der Waals surface area (Å²) in [5.41, 5.74) is 0. The smallest absolute Gasteiger partial charge is 0.137 e. The third-order valence-corrected chi connectivity index (χ3v) is 3.06. The predicted octanol–water partition coefficient (Wildman–Crippen LogP) is 1.15. The van der Waals surface area contributed by atoms with Gasteiger partial charge in [0.25, 0.3) is 0 Å². The van der Waals surface area contributed by atoms with Gasteiger partial charge in [0, 0.05) is 24.5 Å². The molecular weight excluding hydrogens is 210 g/mol.